The van der Waals surface area contributed by atoms with Crippen LogP contribution in [0.3, 0.4) is 0 Å². The fraction of sp³-hybridized carbons (Fsp3) is 0.333. The molecular weight excluding hydrogens is 259 g/mol. The van der Waals surface area contributed by atoms with Gasteiger partial charge in [-0.1, -0.05) is 0 Å². The van der Waals surface area contributed by atoms with Crippen molar-refractivity contribution in [3.63, 3.8) is 0 Å². The summed E-state index contributed by atoms with van der Waals surface area (Å²) in [4.78, 5) is 15.9. The lowest BCUT2D eigenvalue weighted by Gasteiger charge is -2.09. The molecule has 1 atom stereocenters. The first-order valence-electron chi connectivity index (χ1n) is 6.65. The summed E-state index contributed by atoms with van der Waals surface area (Å²) in [6.07, 6.45) is 3.51. The molecule has 1 N–H and O–H groups in total. The predicted octanol–water partition coefficient (Wildman–Crippen LogP) is 3.07. The van der Waals surface area contributed by atoms with Crippen molar-refractivity contribution in [2.24, 2.45) is 5.92 Å². The molecule has 2 aromatic rings. The number of nitrogens with one attached hydrogen (secondary N) is 1. The van der Waals surface area contributed by atoms with Gasteiger partial charge in [0.25, 0.3) is 0 Å². The molecule has 1 unspecified atom stereocenters. The lowest BCUT2D eigenvalue weighted by Crippen LogP contribution is -2.28. The second-order valence-corrected chi connectivity index (χ2v) is 5.07. The van der Waals surface area contributed by atoms with Crippen LogP contribution in [0, 0.1) is 11.7 Å². The summed E-state index contributed by atoms with van der Waals surface area (Å²) in [5.74, 6) is 0.937. The molecule has 0 aliphatic heterocycles. The number of carbonyl (C=O) groups is 1. The molecule has 1 amide bonds. The van der Waals surface area contributed by atoms with Gasteiger partial charge in [0.05, 0.1) is 6.20 Å². The Morgan fingerprint density at radius 3 is 2.75 bits per heavy atom. The third-order valence-corrected chi connectivity index (χ3v) is 3.33. The van der Waals surface area contributed by atoms with E-state index in [9.17, 15) is 9.18 Å². The summed E-state index contributed by atoms with van der Waals surface area (Å²) in [5.41, 5.74) is 0.755. The van der Waals surface area contributed by atoms with Crippen molar-refractivity contribution >= 4 is 5.91 Å². The van der Waals surface area contributed by atoms with E-state index >= 15 is 0 Å². The van der Waals surface area contributed by atoms with E-state index in [-0.39, 0.29) is 23.7 Å². The molecule has 0 bridgehead atoms. The topological polar surface area (TPSA) is 55.1 Å². The lowest BCUT2D eigenvalue weighted by atomic mass is 10.2. The molecule has 1 aromatic heterocycles. The maximum atomic E-state index is 12.9. The van der Waals surface area contributed by atoms with Crippen molar-refractivity contribution in [1.82, 2.24) is 10.3 Å². The van der Waals surface area contributed by atoms with Crippen LogP contribution >= 0.6 is 0 Å². The first-order valence-corrected chi connectivity index (χ1v) is 6.65. The predicted molar refractivity (Wildman–Crippen MR) is 71.2 cm³/mol. The molecule has 104 valence electrons. The molecule has 1 aliphatic rings. The average Bonchev–Trinajstić information content (AvgIpc) is 3.17. The molecule has 0 radical (unpaired) electrons. The first-order chi connectivity index (χ1) is 9.63. The highest BCUT2D eigenvalue weighted by Gasteiger charge is 2.31. The van der Waals surface area contributed by atoms with Crippen molar-refractivity contribution in [2.75, 3.05) is 0 Å². The van der Waals surface area contributed by atoms with Gasteiger partial charge in [0.1, 0.15) is 11.9 Å². The maximum absolute atomic E-state index is 12.9. The number of halogens is 1. The van der Waals surface area contributed by atoms with E-state index in [0.717, 1.165) is 18.4 Å². The minimum absolute atomic E-state index is 0.0547. The number of benzene rings is 1. The zero-order valence-electron chi connectivity index (χ0n) is 11.1. The number of rotatable bonds is 4. The maximum Gasteiger partial charge on any atom is 0.223 e. The van der Waals surface area contributed by atoms with Crippen LogP contribution in [0.15, 0.2) is 34.9 Å². The minimum atomic E-state index is -0.293. The normalized spacial score (nSPS) is 15.9. The molecule has 3 rings (SSSR count). The Morgan fingerprint density at radius 1 is 1.40 bits per heavy atom. The van der Waals surface area contributed by atoms with E-state index in [2.05, 4.69) is 10.3 Å². The van der Waals surface area contributed by atoms with Crippen molar-refractivity contribution in [3.8, 4) is 11.3 Å². The van der Waals surface area contributed by atoms with Crippen molar-refractivity contribution in [1.29, 1.82) is 0 Å². The zero-order valence-corrected chi connectivity index (χ0v) is 11.1. The van der Waals surface area contributed by atoms with Gasteiger partial charge in [-0.3, -0.25) is 4.79 Å². The van der Waals surface area contributed by atoms with Crippen LogP contribution < -0.4 is 5.32 Å². The molecule has 1 fully saturated rings. The van der Waals surface area contributed by atoms with Gasteiger partial charge in [-0.05, 0) is 44.0 Å². The Hall–Kier alpha value is -2.17. The fourth-order valence-electron chi connectivity index (χ4n) is 1.97. The smallest absolute Gasteiger partial charge is 0.223 e. The fourth-order valence-corrected chi connectivity index (χ4v) is 1.97. The summed E-state index contributed by atoms with van der Waals surface area (Å²) in [6, 6.07) is 5.74. The molecule has 5 heteroatoms. The molecule has 1 saturated carbocycles. The minimum Gasteiger partial charge on any atom is -0.438 e. The molecule has 1 heterocycles. The molecule has 0 spiro atoms. The number of hydrogen-bond donors (Lipinski definition) is 1. The molecule has 4 nitrogen and oxygen atoms in total. The average molecular weight is 274 g/mol. The second kappa shape index (κ2) is 5.07. The quantitative estimate of drug-likeness (QED) is 0.932. The standard InChI is InChI=1S/C15H15FN2O2/c1-9(18-14(19)11-2-3-11)15-17-8-13(20-15)10-4-6-12(16)7-5-10/h4-9,11H,2-3H2,1H3,(H,18,19). The van der Waals surface area contributed by atoms with Crippen LogP contribution in [-0.4, -0.2) is 10.9 Å². The summed E-state index contributed by atoms with van der Waals surface area (Å²) in [7, 11) is 0. The van der Waals surface area contributed by atoms with E-state index in [1.54, 1.807) is 18.3 Å². The molecular formula is C15H15FN2O2. The van der Waals surface area contributed by atoms with Gasteiger partial charge >= 0.3 is 0 Å². The second-order valence-electron chi connectivity index (χ2n) is 5.07. The Kier molecular flexibility index (Phi) is 3.26. The third kappa shape index (κ3) is 2.71. The van der Waals surface area contributed by atoms with Gasteiger partial charge in [0, 0.05) is 11.5 Å². The number of carbonyl (C=O) groups excluding carboxylic acids is 1. The summed E-state index contributed by atoms with van der Waals surface area (Å²) in [5, 5.41) is 2.88. The van der Waals surface area contributed by atoms with Crippen LogP contribution in [0.5, 0.6) is 0 Å². The zero-order chi connectivity index (χ0) is 14.1. The van der Waals surface area contributed by atoms with Gasteiger partial charge in [-0.15, -0.1) is 0 Å². The Labute approximate surface area is 116 Å². The van der Waals surface area contributed by atoms with Crippen molar-refractivity contribution < 1.29 is 13.6 Å². The SMILES string of the molecule is CC(NC(=O)C1CC1)c1ncc(-c2ccc(F)cc2)o1. The highest BCUT2D eigenvalue weighted by molar-refractivity contribution is 5.81. The van der Waals surface area contributed by atoms with Crippen molar-refractivity contribution in [2.45, 2.75) is 25.8 Å². The highest BCUT2D eigenvalue weighted by atomic mass is 19.1. The highest BCUT2D eigenvalue weighted by Crippen LogP contribution is 2.30. The number of aromatic nitrogens is 1. The van der Waals surface area contributed by atoms with Gasteiger partial charge in [0.15, 0.2) is 5.76 Å². The molecule has 1 aromatic carbocycles. The van der Waals surface area contributed by atoms with Gasteiger partial charge in [0.2, 0.25) is 11.8 Å². The number of oxazole rings is 1. The summed E-state index contributed by atoms with van der Waals surface area (Å²) >= 11 is 0. The Morgan fingerprint density at radius 2 is 2.10 bits per heavy atom. The number of nitrogens with zero attached hydrogens (tertiary/aromatic N) is 1. The summed E-state index contributed by atoms with van der Waals surface area (Å²) in [6.45, 7) is 1.83. The van der Waals surface area contributed by atoms with Crippen LogP contribution in [0.1, 0.15) is 31.7 Å². The van der Waals surface area contributed by atoms with Crippen LogP contribution in [0.4, 0.5) is 4.39 Å². The molecule has 20 heavy (non-hydrogen) atoms. The van der Waals surface area contributed by atoms with Gasteiger partial charge in [-0.25, -0.2) is 9.37 Å². The van der Waals surface area contributed by atoms with E-state index in [4.69, 9.17) is 4.42 Å². The van der Waals surface area contributed by atoms with Crippen LogP contribution in [0.2, 0.25) is 0 Å². The van der Waals surface area contributed by atoms with Gasteiger partial charge in [-0.2, -0.15) is 0 Å². The van der Waals surface area contributed by atoms with E-state index in [1.807, 2.05) is 6.92 Å². The monoisotopic (exact) mass is 274 g/mol. The molecule has 1 aliphatic carbocycles. The first kappa shape index (κ1) is 12.8. The van der Waals surface area contributed by atoms with Gasteiger partial charge < -0.3 is 9.73 Å². The Bertz CT molecular complexity index is 617. The van der Waals surface area contributed by atoms with Crippen LogP contribution in [0.25, 0.3) is 11.3 Å². The number of hydrogen-bond acceptors (Lipinski definition) is 3. The lowest BCUT2D eigenvalue weighted by molar-refractivity contribution is -0.123. The van der Waals surface area contributed by atoms with E-state index < -0.39 is 0 Å². The van der Waals surface area contributed by atoms with Crippen molar-refractivity contribution in [3.05, 3.63) is 42.2 Å². The molecule has 0 saturated heterocycles. The van der Waals surface area contributed by atoms with E-state index in [0.29, 0.717) is 11.7 Å². The van der Waals surface area contributed by atoms with Crippen LogP contribution in [-0.2, 0) is 4.79 Å². The van der Waals surface area contributed by atoms with E-state index in [1.165, 1.54) is 12.1 Å². The number of amides is 1. The third-order valence-electron chi connectivity index (χ3n) is 3.33. The Balaban J connectivity index is 1.72. The summed E-state index contributed by atoms with van der Waals surface area (Å²) < 4.78 is 18.5. The largest absolute Gasteiger partial charge is 0.438 e.